The standard InChI is InChI=1S/C19H19N3O5/c1-12-5-3-4-6-16(12)21-11-13(9-18(21)23)19(24)20-15-10-14(27-2)7-8-17(15)22(25)26/h3-8,10,13H,9,11H2,1-2H3,(H,20,24)/t13-/m0/s1. The summed E-state index contributed by atoms with van der Waals surface area (Å²) in [5.74, 6) is -0.789. The first kappa shape index (κ1) is 18.4. The first-order valence-corrected chi connectivity index (χ1v) is 8.40. The lowest BCUT2D eigenvalue weighted by Crippen LogP contribution is -2.28. The molecule has 0 aliphatic carbocycles. The molecule has 1 aliphatic heterocycles. The van der Waals surface area contributed by atoms with E-state index in [2.05, 4.69) is 5.32 Å². The molecule has 2 aromatic rings. The Balaban J connectivity index is 1.79. The Morgan fingerprint density at radius 1 is 1.30 bits per heavy atom. The lowest BCUT2D eigenvalue weighted by Gasteiger charge is -2.19. The summed E-state index contributed by atoms with van der Waals surface area (Å²) >= 11 is 0. The number of nitro groups is 1. The van der Waals surface area contributed by atoms with Crippen LogP contribution in [0, 0.1) is 23.0 Å². The molecule has 0 unspecified atom stereocenters. The highest BCUT2D eigenvalue weighted by Gasteiger charge is 2.36. The molecule has 27 heavy (non-hydrogen) atoms. The Kier molecular flexibility index (Phi) is 5.07. The van der Waals surface area contributed by atoms with Crippen molar-refractivity contribution in [3.05, 3.63) is 58.1 Å². The molecule has 0 saturated carbocycles. The monoisotopic (exact) mass is 369 g/mol. The van der Waals surface area contributed by atoms with Crippen molar-refractivity contribution in [2.75, 3.05) is 23.9 Å². The SMILES string of the molecule is COc1ccc([N+](=O)[O-])c(NC(=O)[C@H]2CC(=O)N(c3ccccc3C)C2)c1. The van der Waals surface area contributed by atoms with E-state index in [1.807, 2.05) is 31.2 Å². The smallest absolute Gasteiger partial charge is 0.293 e. The number of carbonyl (C=O) groups excluding carboxylic acids is 2. The average molecular weight is 369 g/mol. The molecular weight excluding hydrogens is 350 g/mol. The molecule has 0 radical (unpaired) electrons. The first-order chi connectivity index (χ1) is 12.9. The Labute approximate surface area is 155 Å². The van der Waals surface area contributed by atoms with Crippen molar-refractivity contribution >= 4 is 28.9 Å². The molecule has 8 nitrogen and oxygen atoms in total. The van der Waals surface area contributed by atoms with E-state index < -0.39 is 16.7 Å². The molecule has 1 atom stereocenters. The van der Waals surface area contributed by atoms with E-state index in [-0.39, 0.29) is 30.2 Å². The van der Waals surface area contributed by atoms with Crippen molar-refractivity contribution in [1.82, 2.24) is 0 Å². The van der Waals surface area contributed by atoms with Gasteiger partial charge in [-0.1, -0.05) is 18.2 Å². The Hall–Kier alpha value is -3.42. The van der Waals surface area contributed by atoms with Gasteiger partial charge >= 0.3 is 0 Å². The number of hydrogen-bond acceptors (Lipinski definition) is 5. The van der Waals surface area contributed by atoms with E-state index in [0.29, 0.717) is 5.75 Å². The number of carbonyl (C=O) groups is 2. The van der Waals surface area contributed by atoms with E-state index in [0.717, 1.165) is 11.3 Å². The van der Waals surface area contributed by atoms with Gasteiger partial charge in [0, 0.05) is 30.8 Å². The summed E-state index contributed by atoms with van der Waals surface area (Å²) in [5.41, 5.74) is 1.52. The number of aryl methyl sites for hydroxylation is 1. The Bertz CT molecular complexity index is 912. The van der Waals surface area contributed by atoms with Crippen LogP contribution in [0.5, 0.6) is 5.75 Å². The molecule has 8 heteroatoms. The number of benzene rings is 2. The van der Waals surface area contributed by atoms with E-state index in [9.17, 15) is 19.7 Å². The number of hydrogen-bond donors (Lipinski definition) is 1. The van der Waals surface area contributed by atoms with Crippen LogP contribution in [0.2, 0.25) is 0 Å². The van der Waals surface area contributed by atoms with Gasteiger partial charge < -0.3 is 15.0 Å². The van der Waals surface area contributed by atoms with Gasteiger partial charge in [0.25, 0.3) is 5.69 Å². The third-order valence-electron chi connectivity index (χ3n) is 4.56. The van der Waals surface area contributed by atoms with E-state index in [1.54, 1.807) is 4.90 Å². The zero-order valence-corrected chi connectivity index (χ0v) is 15.0. The minimum Gasteiger partial charge on any atom is -0.497 e. The summed E-state index contributed by atoms with van der Waals surface area (Å²) in [4.78, 5) is 37.2. The van der Waals surface area contributed by atoms with Crippen LogP contribution in [0.3, 0.4) is 0 Å². The molecule has 2 aromatic carbocycles. The summed E-state index contributed by atoms with van der Waals surface area (Å²) in [6, 6.07) is 11.6. The van der Waals surface area contributed by atoms with Crippen LogP contribution >= 0.6 is 0 Å². The lowest BCUT2D eigenvalue weighted by atomic mass is 10.1. The third kappa shape index (κ3) is 3.74. The molecule has 1 saturated heterocycles. The van der Waals surface area contributed by atoms with Crippen LogP contribution in [0.1, 0.15) is 12.0 Å². The summed E-state index contributed by atoms with van der Waals surface area (Å²) < 4.78 is 5.07. The molecule has 0 aromatic heterocycles. The minimum atomic E-state index is -0.595. The zero-order chi connectivity index (χ0) is 19.6. The van der Waals surface area contributed by atoms with Crippen LogP contribution in [-0.4, -0.2) is 30.4 Å². The highest BCUT2D eigenvalue weighted by Crippen LogP contribution is 2.31. The van der Waals surface area contributed by atoms with Crippen LogP contribution in [0.15, 0.2) is 42.5 Å². The van der Waals surface area contributed by atoms with Crippen molar-refractivity contribution in [2.45, 2.75) is 13.3 Å². The highest BCUT2D eigenvalue weighted by atomic mass is 16.6. The number of nitrogens with one attached hydrogen (secondary N) is 1. The maximum Gasteiger partial charge on any atom is 0.293 e. The van der Waals surface area contributed by atoms with Crippen LogP contribution in [0.4, 0.5) is 17.1 Å². The fraction of sp³-hybridized carbons (Fsp3) is 0.263. The number of ether oxygens (including phenoxy) is 1. The number of amides is 2. The summed E-state index contributed by atoms with van der Waals surface area (Å²) in [6.07, 6.45) is 0.0535. The van der Waals surface area contributed by atoms with E-state index in [4.69, 9.17) is 4.74 Å². The second-order valence-corrected chi connectivity index (χ2v) is 6.32. The molecule has 1 heterocycles. The first-order valence-electron chi connectivity index (χ1n) is 8.40. The average Bonchev–Trinajstić information content (AvgIpc) is 3.03. The number of nitrogens with zero attached hydrogens (tertiary/aromatic N) is 2. The third-order valence-corrected chi connectivity index (χ3v) is 4.56. The maximum atomic E-state index is 12.6. The Morgan fingerprint density at radius 3 is 2.70 bits per heavy atom. The van der Waals surface area contributed by atoms with Crippen LogP contribution in [-0.2, 0) is 9.59 Å². The summed E-state index contributed by atoms with van der Waals surface area (Å²) in [6.45, 7) is 2.13. The maximum absolute atomic E-state index is 12.6. The molecular formula is C19H19N3O5. The fourth-order valence-electron chi connectivity index (χ4n) is 3.12. The molecule has 1 N–H and O–H groups in total. The van der Waals surface area contributed by atoms with Crippen molar-refractivity contribution in [3.63, 3.8) is 0 Å². The van der Waals surface area contributed by atoms with Gasteiger partial charge in [-0.25, -0.2) is 0 Å². The summed E-state index contributed by atoms with van der Waals surface area (Å²) in [7, 11) is 1.43. The van der Waals surface area contributed by atoms with Gasteiger partial charge in [-0.3, -0.25) is 19.7 Å². The summed E-state index contributed by atoms with van der Waals surface area (Å²) in [5, 5.41) is 13.8. The quantitative estimate of drug-likeness (QED) is 0.645. The van der Waals surface area contributed by atoms with E-state index >= 15 is 0 Å². The van der Waals surface area contributed by atoms with E-state index in [1.165, 1.54) is 25.3 Å². The second-order valence-electron chi connectivity index (χ2n) is 6.32. The van der Waals surface area contributed by atoms with Crippen LogP contribution in [0.25, 0.3) is 0 Å². The predicted octanol–water partition coefficient (Wildman–Crippen LogP) is 2.90. The molecule has 140 valence electrons. The van der Waals surface area contributed by atoms with Gasteiger partial charge in [-0.05, 0) is 24.6 Å². The molecule has 0 spiro atoms. The van der Waals surface area contributed by atoms with Gasteiger partial charge in [0.2, 0.25) is 11.8 Å². The van der Waals surface area contributed by atoms with Gasteiger partial charge in [-0.2, -0.15) is 0 Å². The molecule has 0 bridgehead atoms. The zero-order valence-electron chi connectivity index (χ0n) is 15.0. The van der Waals surface area contributed by atoms with Gasteiger partial charge in [0.05, 0.1) is 18.0 Å². The van der Waals surface area contributed by atoms with Crippen molar-refractivity contribution in [3.8, 4) is 5.75 Å². The van der Waals surface area contributed by atoms with Crippen molar-refractivity contribution in [2.24, 2.45) is 5.92 Å². The molecule has 1 aliphatic rings. The second kappa shape index (κ2) is 7.45. The van der Waals surface area contributed by atoms with Crippen molar-refractivity contribution in [1.29, 1.82) is 0 Å². The minimum absolute atomic E-state index is 0.0474. The number of methoxy groups -OCH3 is 1. The predicted molar refractivity (Wildman–Crippen MR) is 99.9 cm³/mol. The number of anilines is 2. The van der Waals surface area contributed by atoms with Gasteiger partial charge in [-0.15, -0.1) is 0 Å². The number of para-hydroxylation sites is 1. The van der Waals surface area contributed by atoms with Crippen molar-refractivity contribution < 1.29 is 19.2 Å². The van der Waals surface area contributed by atoms with Gasteiger partial charge in [0.1, 0.15) is 11.4 Å². The molecule has 2 amide bonds. The fourth-order valence-corrected chi connectivity index (χ4v) is 3.12. The normalized spacial score (nSPS) is 16.3. The van der Waals surface area contributed by atoms with Crippen LogP contribution < -0.4 is 15.0 Å². The number of rotatable bonds is 5. The lowest BCUT2D eigenvalue weighted by molar-refractivity contribution is -0.383. The molecule has 3 rings (SSSR count). The Morgan fingerprint density at radius 2 is 2.04 bits per heavy atom. The topological polar surface area (TPSA) is 102 Å². The highest BCUT2D eigenvalue weighted by molar-refractivity contribution is 6.04. The molecule has 1 fully saturated rings. The van der Waals surface area contributed by atoms with Gasteiger partial charge in [0.15, 0.2) is 0 Å². The number of nitro benzene ring substituents is 1. The largest absolute Gasteiger partial charge is 0.497 e.